The lowest BCUT2D eigenvalue weighted by atomic mass is 10.2. The van der Waals surface area contributed by atoms with Crippen molar-refractivity contribution in [2.24, 2.45) is 11.8 Å². The molecule has 0 bridgehead atoms. The SMILES string of the molecule is c1ccc(CNCCCCNCC2CC2CNCCCCNCc2ccccc2)cc1. The van der Waals surface area contributed by atoms with E-state index in [1.807, 2.05) is 0 Å². The molecule has 1 aliphatic carbocycles. The second kappa shape index (κ2) is 15.1. The quantitative estimate of drug-likeness (QED) is 0.275. The summed E-state index contributed by atoms with van der Waals surface area (Å²) in [5.41, 5.74) is 2.74. The van der Waals surface area contributed by atoms with Gasteiger partial charge < -0.3 is 21.3 Å². The second-order valence-corrected chi connectivity index (χ2v) is 8.90. The summed E-state index contributed by atoms with van der Waals surface area (Å²) in [5, 5.41) is 14.4. The Kier molecular flexibility index (Phi) is 11.7. The normalized spacial score (nSPS) is 17.7. The summed E-state index contributed by atoms with van der Waals surface area (Å²) >= 11 is 0. The minimum atomic E-state index is 0.899. The molecule has 2 aromatic carbocycles. The molecular weight excluding hydrogens is 380 g/mol. The fourth-order valence-corrected chi connectivity index (χ4v) is 4.04. The van der Waals surface area contributed by atoms with Gasteiger partial charge in [-0.05, 0) is 94.3 Å². The number of hydrogen-bond donors (Lipinski definition) is 4. The third-order valence-corrected chi connectivity index (χ3v) is 6.14. The van der Waals surface area contributed by atoms with E-state index in [9.17, 15) is 0 Å². The van der Waals surface area contributed by atoms with Crippen LogP contribution in [-0.2, 0) is 13.1 Å². The molecular formula is C27H42N4. The topological polar surface area (TPSA) is 48.1 Å². The van der Waals surface area contributed by atoms with Crippen molar-refractivity contribution < 1.29 is 0 Å². The molecule has 31 heavy (non-hydrogen) atoms. The van der Waals surface area contributed by atoms with Crippen molar-refractivity contribution in [3.05, 3.63) is 71.8 Å². The summed E-state index contributed by atoms with van der Waals surface area (Å²) in [6.45, 7) is 8.88. The van der Waals surface area contributed by atoms with Crippen LogP contribution in [0.4, 0.5) is 0 Å². The molecule has 2 aromatic rings. The van der Waals surface area contributed by atoms with Gasteiger partial charge in [-0.2, -0.15) is 0 Å². The van der Waals surface area contributed by atoms with Crippen LogP contribution in [0.15, 0.2) is 60.7 Å². The summed E-state index contributed by atoms with van der Waals surface area (Å²) in [5.74, 6) is 1.80. The van der Waals surface area contributed by atoms with E-state index >= 15 is 0 Å². The minimum absolute atomic E-state index is 0.899. The maximum atomic E-state index is 3.66. The van der Waals surface area contributed by atoms with Gasteiger partial charge in [-0.3, -0.25) is 0 Å². The van der Waals surface area contributed by atoms with Gasteiger partial charge in [-0.1, -0.05) is 60.7 Å². The molecule has 4 nitrogen and oxygen atoms in total. The van der Waals surface area contributed by atoms with E-state index in [1.165, 1.54) is 56.3 Å². The first-order valence-corrected chi connectivity index (χ1v) is 12.3. The summed E-state index contributed by atoms with van der Waals surface area (Å²) < 4.78 is 0. The van der Waals surface area contributed by atoms with Gasteiger partial charge in [0.2, 0.25) is 0 Å². The van der Waals surface area contributed by atoms with Crippen molar-refractivity contribution >= 4 is 0 Å². The summed E-state index contributed by atoms with van der Waals surface area (Å²) in [7, 11) is 0. The van der Waals surface area contributed by atoms with Crippen molar-refractivity contribution in [2.45, 2.75) is 45.2 Å². The molecule has 0 spiro atoms. The molecule has 0 saturated heterocycles. The monoisotopic (exact) mass is 422 g/mol. The Morgan fingerprint density at radius 1 is 0.516 bits per heavy atom. The van der Waals surface area contributed by atoms with E-state index in [1.54, 1.807) is 0 Å². The Balaban J connectivity index is 1.03. The highest BCUT2D eigenvalue weighted by Crippen LogP contribution is 2.37. The van der Waals surface area contributed by atoms with Crippen LogP contribution in [0.5, 0.6) is 0 Å². The Morgan fingerprint density at radius 2 is 0.903 bits per heavy atom. The molecule has 0 heterocycles. The van der Waals surface area contributed by atoms with Crippen LogP contribution in [-0.4, -0.2) is 39.3 Å². The van der Waals surface area contributed by atoms with Crippen LogP contribution in [0.25, 0.3) is 0 Å². The summed E-state index contributed by atoms with van der Waals surface area (Å²) in [6.07, 6.45) is 6.41. The van der Waals surface area contributed by atoms with Crippen LogP contribution < -0.4 is 21.3 Å². The molecule has 4 heteroatoms. The first-order valence-electron chi connectivity index (χ1n) is 12.3. The van der Waals surface area contributed by atoms with Gasteiger partial charge in [0.25, 0.3) is 0 Å². The van der Waals surface area contributed by atoms with E-state index in [0.29, 0.717) is 0 Å². The highest BCUT2D eigenvalue weighted by molar-refractivity contribution is 5.14. The Morgan fingerprint density at radius 3 is 1.32 bits per heavy atom. The standard InChI is InChI=1S/C27H42N4/c1-3-11-24(12-4-1)20-28-15-7-9-17-30-22-26-19-27(26)23-31-18-10-8-16-29-21-25-13-5-2-6-14-25/h1-6,11-14,26-31H,7-10,15-23H2. The van der Waals surface area contributed by atoms with Crippen molar-refractivity contribution in [1.29, 1.82) is 0 Å². The highest BCUT2D eigenvalue weighted by atomic mass is 14.9. The van der Waals surface area contributed by atoms with E-state index in [-0.39, 0.29) is 0 Å². The van der Waals surface area contributed by atoms with Gasteiger partial charge in [0.05, 0.1) is 0 Å². The van der Waals surface area contributed by atoms with E-state index in [0.717, 1.165) is 51.1 Å². The van der Waals surface area contributed by atoms with Gasteiger partial charge in [-0.15, -0.1) is 0 Å². The van der Waals surface area contributed by atoms with Crippen molar-refractivity contribution in [3.8, 4) is 0 Å². The molecule has 1 saturated carbocycles. The van der Waals surface area contributed by atoms with E-state index < -0.39 is 0 Å². The van der Waals surface area contributed by atoms with E-state index in [2.05, 4.69) is 81.9 Å². The zero-order valence-electron chi connectivity index (χ0n) is 19.1. The van der Waals surface area contributed by atoms with Crippen LogP contribution in [0, 0.1) is 11.8 Å². The van der Waals surface area contributed by atoms with Crippen LogP contribution >= 0.6 is 0 Å². The smallest absolute Gasteiger partial charge is 0.0205 e. The predicted octanol–water partition coefficient (Wildman–Crippen LogP) is 3.94. The lowest BCUT2D eigenvalue weighted by Crippen LogP contribution is -2.23. The minimum Gasteiger partial charge on any atom is -0.316 e. The van der Waals surface area contributed by atoms with Crippen molar-refractivity contribution in [3.63, 3.8) is 0 Å². The van der Waals surface area contributed by atoms with Gasteiger partial charge in [-0.25, -0.2) is 0 Å². The molecule has 170 valence electrons. The maximum absolute atomic E-state index is 3.66. The van der Waals surface area contributed by atoms with Crippen LogP contribution in [0.1, 0.15) is 43.2 Å². The fourth-order valence-electron chi connectivity index (χ4n) is 4.04. The molecule has 0 radical (unpaired) electrons. The molecule has 2 unspecified atom stereocenters. The first-order chi connectivity index (χ1) is 15.4. The lowest BCUT2D eigenvalue weighted by molar-refractivity contribution is 0.529. The molecule has 4 N–H and O–H groups in total. The van der Waals surface area contributed by atoms with Crippen molar-refractivity contribution in [2.75, 3.05) is 39.3 Å². The zero-order chi connectivity index (χ0) is 21.4. The molecule has 1 aliphatic rings. The van der Waals surface area contributed by atoms with Crippen LogP contribution in [0.2, 0.25) is 0 Å². The first kappa shape index (κ1) is 23.9. The molecule has 3 rings (SSSR count). The summed E-state index contributed by atoms with van der Waals surface area (Å²) in [4.78, 5) is 0. The Labute approximate surface area is 189 Å². The lowest BCUT2D eigenvalue weighted by Gasteiger charge is -2.07. The number of nitrogens with one attached hydrogen (secondary N) is 4. The molecule has 0 aromatic heterocycles. The van der Waals surface area contributed by atoms with Gasteiger partial charge in [0, 0.05) is 13.1 Å². The molecule has 2 atom stereocenters. The van der Waals surface area contributed by atoms with E-state index in [4.69, 9.17) is 0 Å². The van der Waals surface area contributed by atoms with Crippen molar-refractivity contribution in [1.82, 2.24) is 21.3 Å². The van der Waals surface area contributed by atoms with Gasteiger partial charge >= 0.3 is 0 Å². The number of hydrogen-bond acceptors (Lipinski definition) is 4. The molecule has 0 amide bonds. The largest absolute Gasteiger partial charge is 0.316 e. The third kappa shape index (κ3) is 10.9. The average molecular weight is 423 g/mol. The maximum Gasteiger partial charge on any atom is 0.0205 e. The Bertz CT molecular complexity index is 617. The number of unbranched alkanes of at least 4 members (excludes halogenated alkanes) is 2. The zero-order valence-corrected chi connectivity index (χ0v) is 19.1. The molecule has 1 fully saturated rings. The second-order valence-electron chi connectivity index (χ2n) is 8.90. The highest BCUT2D eigenvalue weighted by Gasteiger charge is 2.35. The fraction of sp³-hybridized carbons (Fsp3) is 0.556. The number of benzene rings is 2. The Hall–Kier alpha value is -1.72. The number of rotatable bonds is 18. The van der Waals surface area contributed by atoms with Gasteiger partial charge in [0.15, 0.2) is 0 Å². The van der Waals surface area contributed by atoms with Crippen LogP contribution in [0.3, 0.4) is 0 Å². The summed E-state index contributed by atoms with van der Waals surface area (Å²) in [6, 6.07) is 21.3. The average Bonchev–Trinajstić information content (AvgIpc) is 3.57. The molecule has 0 aliphatic heterocycles. The predicted molar refractivity (Wildman–Crippen MR) is 132 cm³/mol. The third-order valence-electron chi connectivity index (χ3n) is 6.14. The van der Waals surface area contributed by atoms with Gasteiger partial charge in [0.1, 0.15) is 0 Å².